The number of pyridine rings is 1. The summed E-state index contributed by atoms with van der Waals surface area (Å²) in [6, 6.07) is 10.7. The van der Waals surface area contributed by atoms with Crippen molar-refractivity contribution in [2.75, 3.05) is 5.32 Å². The quantitative estimate of drug-likeness (QED) is 0.317. The van der Waals surface area contributed by atoms with E-state index in [2.05, 4.69) is 20.6 Å². The molecule has 1 aliphatic rings. The van der Waals surface area contributed by atoms with Gasteiger partial charge in [-0.15, -0.1) is 0 Å². The number of nitrogens with one attached hydrogen (secondary N) is 3. The van der Waals surface area contributed by atoms with Crippen molar-refractivity contribution in [2.24, 2.45) is 0 Å². The van der Waals surface area contributed by atoms with E-state index in [0.29, 0.717) is 42.3 Å². The van der Waals surface area contributed by atoms with Crippen LogP contribution in [0.1, 0.15) is 25.7 Å². The number of aromatic amines is 1. The van der Waals surface area contributed by atoms with Gasteiger partial charge in [-0.1, -0.05) is 29.3 Å². The van der Waals surface area contributed by atoms with Crippen molar-refractivity contribution in [1.29, 1.82) is 0 Å². The number of carbonyl (C=O) groups excluding carboxylic acids is 2. The van der Waals surface area contributed by atoms with Crippen molar-refractivity contribution < 1.29 is 14.3 Å². The standard InChI is InChI=1S/C21H20Cl2N4O3/c22-13-4-5-16-15(11-13)17(12-25-16)26-19(28)20(29)27-21(23)8-6-14(7-9-21)30-18-3-1-2-10-24-18/h1-5,10-12,14,25H,6-9H2,(H,26,28)(H,27,29)/t14-,21+. The lowest BCUT2D eigenvalue weighted by atomic mass is 9.92. The molecule has 1 saturated carbocycles. The second-order valence-corrected chi connectivity index (χ2v) is 8.41. The van der Waals surface area contributed by atoms with Crippen LogP contribution in [0.4, 0.5) is 5.69 Å². The Morgan fingerprint density at radius 2 is 1.97 bits per heavy atom. The lowest BCUT2D eigenvalue weighted by molar-refractivity contribution is -0.137. The first-order chi connectivity index (χ1) is 14.4. The molecular formula is C21H20Cl2N4O3. The third-order valence-electron chi connectivity index (χ3n) is 5.09. The molecule has 1 aliphatic carbocycles. The van der Waals surface area contributed by atoms with Crippen LogP contribution >= 0.6 is 23.2 Å². The fraction of sp³-hybridized carbons (Fsp3) is 0.286. The van der Waals surface area contributed by atoms with Crippen LogP contribution in [-0.2, 0) is 9.59 Å². The molecule has 0 atom stereocenters. The number of rotatable bonds is 4. The first kappa shape index (κ1) is 20.5. The first-order valence-electron chi connectivity index (χ1n) is 9.59. The van der Waals surface area contributed by atoms with E-state index in [1.54, 1.807) is 36.7 Å². The molecule has 0 spiro atoms. The van der Waals surface area contributed by atoms with Crippen molar-refractivity contribution in [3.8, 4) is 5.88 Å². The maximum absolute atomic E-state index is 12.4. The summed E-state index contributed by atoms with van der Waals surface area (Å²) in [4.78, 5) is 31.0. The smallest absolute Gasteiger partial charge is 0.313 e. The number of H-pyrrole nitrogens is 1. The van der Waals surface area contributed by atoms with Gasteiger partial charge < -0.3 is 20.4 Å². The van der Waals surface area contributed by atoms with Gasteiger partial charge in [0, 0.05) is 34.4 Å². The van der Waals surface area contributed by atoms with Crippen LogP contribution < -0.4 is 15.4 Å². The summed E-state index contributed by atoms with van der Waals surface area (Å²) in [6.07, 6.45) is 5.49. The van der Waals surface area contributed by atoms with E-state index in [1.807, 2.05) is 12.1 Å². The van der Waals surface area contributed by atoms with Gasteiger partial charge in [0.05, 0.1) is 5.69 Å². The highest BCUT2D eigenvalue weighted by atomic mass is 35.5. The largest absolute Gasteiger partial charge is 0.474 e. The molecule has 156 valence electrons. The molecule has 0 saturated heterocycles. The molecule has 7 nitrogen and oxygen atoms in total. The highest BCUT2D eigenvalue weighted by Gasteiger charge is 2.37. The molecule has 1 fully saturated rings. The van der Waals surface area contributed by atoms with Gasteiger partial charge in [0.2, 0.25) is 5.88 Å². The number of anilines is 1. The number of amides is 2. The predicted molar refractivity (Wildman–Crippen MR) is 116 cm³/mol. The maximum atomic E-state index is 12.4. The number of nitrogens with zero attached hydrogens (tertiary/aromatic N) is 1. The molecule has 0 bridgehead atoms. The summed E-state index contributed by atoms with van der Waals surface area (Å²) >= 11 is 12.6. The fourth-order valence-electron chi connectivity index (χ4n) is 3.51. The molecule has 4 rings (SSSR count). The maximum Gasteiger partial charge on any atom is 0.313 e. The second kappa shape index (κ2) is 8.53. The minimum Gasteiger partial charge on any atom is -0.474 e. The highest BCUT2D eigenvalue weighted by Crippen LogP contribution is 2.33. The number of ether oxygens (including phenoxy) is 1. The zero-order valence-electron chi connectivity index (χ0n) is 16.0. The van der Waals surface area contributed by atoms with Gasteiger partial charge in [-0.2, -0.15) is 0 Å². The third kappa shape index (κ3) is 4.68. The Bertz CT molecular complexity index is 1060. The molecular weight excluding hydrogens is 427 g/mol. The number of carbonyl (C=O) groups is 2. The lowest BCUT2D eigenvalue weighted by Gasteiger charge is -2.35. The van der Waals surface area contributed by atoms with Gasteiger partial charge in [-0.3, -0.25) is 9.59 Å². The second-order valence-electron chi connectivity index (χ2n) is 7.25. The molecule has 30 heavy (non-hydrogen) atoms. The van der Waals surface area contributed by atoms with E-state index in [-0.39, 0.29) is 6.10 Å². The van der Waals surface area contributed by atoms with E-state index < -0.39 is 16.8 Å². The van der Waals surface area contributed by atoms with Gasteiger partial charge in [0.1, 0.15) is 11.1 Å². The number of fused-ring (bicyclic) bond motifs is 1. The van der Waals surface area contributed by atoms with Crippen molar-refractivity contribution in [1.82, 2.24) is 15.3 Å². The molecule has 2 heterocycles. The Morgan fingerprint density at radius 3 is 2.70 bits per heavy atom. The van der Waals surface area contributed by atoms with Gasteiger partial charge in [-0.25, -0.2) is 4.98 Å². The summed E-state index contributed by atoms with van der Waals surface area (Å²) in [6.45, 7) is 0. The Balaban J connectivity index is 1.33. The van der Waals surface area contributed by atoms with Gasteiger partial charge in [0.25, 0.3) is 0 Å². The summed E-state index contributed by atoms with van der Waals surface area (Å²) in [5.74, 6) is -1.01. The van der Waals surface area contributed by atoms with Gasteiger partial charge in [0.15, 0.2) is 0 Å². The van der Waals surface area contributed by atoms with Crippen LogP contribution in [0.3, 0.4) is 0 Å². The van der Waals surface area contributed by atoms with Crippen LogP contribution in [0, 0.1) is 0 Å². The van der Waals surface area contributed by atoms with Gasteiger partial charge in [-0.05, 0) is 49.9 Å². The van der Waals surface area contributed by atoms with Gasteiger partial charge >= 0.3 is 11.8 Å². The fourth-order valence-corrected chi connectivity index (χ4v) is 3.99. The van der Waals surface area contributed by atoms with Crippen LogP contribution in [0.5, 0.6) is 5.88 Å². The summed E-state index contributed by atoms with van der Waals surface area (Å²) in [7, 11) is 0. The Labute approximate surface area is 183 Å². The van der Waals surface area contributed by atoms with Crippen LogP contribution in [0.2, 0.25) is 5.02 Å². The van der Waals surface area contributed by atoms with Crippen molar-refractivity contribution >= 4 is 51.6 Å². The number of halogens is 2. The molecule has 0 aliphatic heterocycles. The minimum atomic E-state index is -0.984. The zero-order valence-corrected chi connectivity index (χ0v) is 17.5. The summed E-state index contributed by atoms with van der Waals surface area (Å²) in [5.41, 5.74) is 1.28. The van der Waals surface area contributed by atoms with E-state index in [0.717, 1.165) is 10.9 Å². The average Bonchev–Trinajstić information content (AvgIpc) is 3.12. The van der Waals surface area contributed by atoms with E-state index in [9.17, 15) is 9.59 Å². The first-order valence-corrected chi connectivity index (χ1v) is 10.3. The SMILES string of the molecule is O=C(Nc1c[nH]c2ccc(Cl)cc12)C(=O)N[C@]1(Cl)CC[C@H](Oc2ccccn2)CC1. The van der Waals surface area contributed by atoms with Crippen molar-refractivity contribution in [3.63, 3.8) is 0 Å². The third-order valence-corrected chi connectivity index (χ3v) is 5.79. The Hall–Kier alpha value is -2.77. The molecule has 3 aromatic rings. The zero-order chi connectivity index (χ0) is 21.1. The topological polar surface area (TPSA) is 96.1 Å². The Morgan fingerprint density at radius 1 is 1.17 bits per heavy atom. The normalized spacial score (nSPS) is 21.2. The molecule has 3 N–H and O–H groups in total. The minimum absolute atomic E-state index is 0.0338. The molecule has 0 unspecified atom stereocenters. The molecule has 1 aromatic carbocycles. The van der Waals surface area contributed by atoms with E-state index in [1.165, 1.54) is 0 Å². The summed E-state index contributed by atoms with van der Waals surface area (Å²) in [5, 5.41) is 6.52. The predicted octanol–water partition coefficient (Wildman–Crippen LogP) is 4.23. The van der Waals surface area contributed by atoms with E-state index >= 15 is 0 Å². The van der Waals surface area contributed by atoms with Crippen LogP contribution in [0.15, 0.2) is 48.8 Å². The Kier molecular flexibility index (Phi) is 5.83. The van der Waals surface area contributed by atoms with Crippen LogP contribution in [-0.4, -0.2) is 32.9 Å². The summed E-state index contributed by atoms with van der Waals surface area (Å²) < 4.78 is 5.85. The molecule has 9 heteroatoms. The van der Waals surface area contributed by atoms with E-state index in [4.69, 9.17) is 27.9 Å². The molecule has 0 radical (unpaired) electrons. The monoisotopic (exact) mass is 446 g/mol. The number of hydrogen-bond donors (Lipinski definition) is 3. The number of benzene rings is 1. The van der Waals surface area contributed by atoms with Crippen molar-refractivity contribution in [3.05, 3.63) is 53.8 Å². The molecule has 2 amide bonds. The average molecular weight is 447 g/mol. The van der Waals surface area contributed by atoms with Crippen molar-refractivity contribution in [2.45, 2.75) is 36.8 Å². The number of hydrogen-bond acceptors (Lipinski definition) is 4. The lowest BCUT2D eigenvalue weighted by Crippen LogP contribution is -2.51. The number of aromatic nitrogens is 2. The highest BCUT2D eigenvalue weighted by molar-refractivity contribution is 6.41. The van der Waals surface area contributed by atoms with Crippen LogP contribution in [0.25, 0.3) is 10.9 Å². The molecule has 2 aromatic heterocycles. The number of alkyl halides is 1.